The van der Waals surface area contributed by atoms with Crippen LogP contribution in [0.4, 0.5) is 11.4 Å². The number of nitro groups is 1. The Bertz CT molecular complexity index is 888. The Morgan fingerprint density at radius 3 is 2.18 bits per heavy atom. The molecule has 8 heteroatoms. The topological polar surface area (TPSA) is 110 Å². The second-order valence-corrected chi connectivity index (χ2v) is 8.08. The molecule has 1 aliphatic heterocycles. The normalized spacial score (nSPS) is 34.2. The van der Waals surface area contributed by atoms with Gasteiger partial charge < -0.3 is 5.32 Å². The molecular formula is C20H19N3O5. The van der Waals surface area contributed by atoms with Gasteiger partial charge in [-0.25, -0.2) is 0 Å². The van der Waals surface area contributed by atoms with Crippen LogP contribution in [0, 0.1) is 45.6 Å². The number of carbonyl (C=O) groups excluding carboxylic acids is 3. The molecule has 0 radical (unpaired) electrons. The summed E-state index contributed by atoms with van der Waals surface area (Å²) in [4.78, 5) is 49.3. The fraction of sp³-hybridized carbons (Fsp3) is 0.450. The monoisotopic (exact) mass is 381 g/mol. The lowest BCUT2D eigenvalue weighted by atomic mass is 9.63. The molecule has 1 N–H and O–H groups in total. The van der Waals surface area contributed by atoms with Crippen molar-refractivity contribution in [1.29, 1.82) is 0 Å². The van der Waals surface area contributed by atoms with Crippen LogP contribution >= 0.6 is 0 Å². The quantitative estimate of drug-likeness (QED) is 0.363. The summed E-state index contributed by atoms with van der Waals surface area (Å²) in [7, 11) is 0. The number of nitrogens with zero attached hydrogens (tertiary/aromatic N) is 2. The summed E-state index contributed by atoms with van der Waals surface area (Å²) in [5.41, 5.74) is 0.376. The standard InChI is InChI=1S/C20H19N3O5/c24-16(21-10-1-3-11(4-2-10)23(27)28)7-8-22-19(25)17-12-5-6-13(15-9-14(12)15)18(17)20(22)26/h1-6,12-15,17-18H,7-9H2,(H,21,24)/t12-,13-,14-,15+,17+,18+/m0/s1. The average Bonchev–Trinajstić information content (AvgIpc) is 3.46. The van der Waals surface area contributed by atoms with Crippen molar-refractivity contribution in [1.82, 2.24) is 4.90 Å². The minimum absolute atomic E-state index is 0.00350. The number of benzene rings is 1. The number of allylic oxidation sites excluding steroid dienone is 2. The second-order valence-electron chi connectivity index (χ2n) is 8.08. The lowest BCUT2D eigenvalue weighted by Gasteiger charge is -2.37. The highest BCUT2D eigenvalue weighted by Crippen LogP contribution is 2.65. The number of imide groups is 1. The van der Waals surface area contributed by atoms with E-state index in [0.29, 0.717) is 17.5 Å². The van der Waals surface area contributed by atoms with Crippen LogP contribution in [0.5, 0.6) is 0 Å². The highest BCUT2D eigenvalue weighted by molar-refractivity contribution is 6.06. The van der Waals surface area contributed by atoms with Crippen LogP contribution in [0.1, 0.15) is 12.8 Å². The Labute approximate surface area is 160 Å². The molecule has 5 aliphatic rings. The van der Waals surface area contributed by atoms with E-state index < -0.39 is 4.92 Å². The van der Waals surface area contributed by atoms with Gasteiger partial charge in [0.15, 0.2) is 0 Å². The van der Waals surface area contributed by atoms with E-state index >= 15 is 0 Å². The van der Waals surface area contributed by atoms with E-state index in [2.05, 4.69) is 17.5 Å². The second kappa shape index (κ2) is 5.98. The van der Waals surface area contributed by atoms with Crippen molar-refractivity contribution < 1.29 is 19.3 Å². The molecule has 28 heavy (non-hydrogen) atoms. The summed E-state index contributed by atoms with van der Waals surface area (Å²) >= 11 is 0. The molecule has 2 bridgehead atoms. The molecule has 8 nitrogen and oxygen atoms in total. The predicted octanol–water partition coefficient (Wildman–Crippen LogP) is 1.98. The Morgan fingerprint density at radius 1 is 1.07 bits per heavy atom. The zero-order chi connectivity index (χ0) is 19.6. The summed E-state index contributed by atoms with van der Waals surface area (Å²) in [5, 5.41) is 13.3. The predicted molar refractivity (Wildman–Crippen MR) is 97.8 cm³/mol. The molecule has 1 aromatic rings. The molecule has 0 aromatic heterocycles. The molecule has 1 heterocycles. The van der Waals surface area contributed by atoms with E-state index in [1.165, 1.54) is 29.2 Å². The number of hydrogen-bond donors (Lipinski definition) is 1. The minimum Gasteiger partial charge on any atom is -0.326 e. The molecular weight excluding hydrogens is 362 g/mol. The van der Waals surface area contributed by atoms with Gasteiger partial charge >= 0.3 is 0 Å². The molecule has 2 saturated carbocycles. The molecule has 144 valence electrons. The van der Waals surface area contributed by atoms with E-state index in [1.54, 1.807) is 0 Å². The highest BCUT2D eigenvalue weighted by atomic mass is 16.6. The van der Waals surface area contributed by atoms with E-state index in [0.717, 1.165) is 6.42 Å². The highest BCUT2D eigenvalue weighted by Gasteiger charge is 2.66. The fourth-order valence-electron chi connectivity index (χ4n) is 5.34. The number of rotatable bonds is 5. The number of non-ortho nitro benzene ring substituents is 1. The van der Waals surface area contributed by atoms with Crippen molar-refractivity contribution >= 4 is 29.1 Å². The molecule has 4 aliphatic carbocycles. The third-order valence-electron chi connectivity index (χ3n) is 6.68. The SMILES string of the molecule is O=C(CCN1C(=O)[C@@H]2[C@H]3C=C[C@@H]([C@@H]4C[C@H]34)[C@H]2C1=O)Nc1ccc([N+](=O)[O-])cc1. The number of carbonyl (C=O) groups is 3. The first-order valence-electron chi connectivity index (χ1n) is 9.53. The van der Waals surface area contributed by atoms with E-state index in [1.807, 2.05) is 0 Å². The Morgan fingerprint density at radius 2 is 1.64 bits per heavy atom. The lowest BCUT2D eigenvalue weighted by Crippen LogP contribution is -2.40. The first-order valence-corrected chi connectivity index (χ1v) is 9.53. The zero-order valence-corrected chi connectivity index (χ0v) is 15.0. The molecule has 1 saturated heterocycles. The lowest BCUT2D eigenvalue weighted by molar-refractivity contribution is -0.384. The largest absolute Gasteiger partial charge is 0.326 e. The minimum atomic E-state index is -0.512. The number of nitrogens with one attached hydrogen (secondary N) is 1. The first kappa shape index (κ1) is 17.1. The van der Waals surface area contributed by atoms with E-state index in [-0.39, 0.29) is 60.0 Å². The van der Waals surface area contributed by atoms with Crippen LogP contribution in [0.2, 0.25) is 0 Å². The number of hydrogen-bond acceptors (Lipinski definition) is 5. The summed E-state index contributed by atoms with van der Waals surface area (Å²) in [5.74, 6) is 0.356. The zero-order valence-electron chi connectivity index (χ0n) is 15.0. The van der Waals surface area contributed by atoms with Crippen molar-refractivity contribution in [3.8, 4) is 0 Å². The first-order chi connectivity index (χ1) is 13.5. The molecule has 0 spiro atoms. The van der Waals surface area contributed by atoms with Crippen LogP contribution in [-0.4, -0.2) is 34.1 Å². The van der Waals surface area contributed by atoms with Crippen molar-refractivity contribution in [2.75, 3.05) is 11.9 Å². The van der Waals surface area contributed by atoms with Crippen molar-refractivity contribution in [2.24, 2.45) is 35.5 Å². The van der Waals surface area contributed by atoms with Crippen LogP contribution in [0.3, 0.4) is 0 Å². The van der Waals surface area contributed by atoms with Gasteiger partial charge in [-0.2, -0.15) is 0 Å². The van der Waals surface area contributed by atoms with Gasteiger partial charge in [0.05, 0.1) is 16.8 Å². The van der Waals surface area contributed by atoms with Gasteiger partial charge in [-0.05, 0) is 42.2 Å². The Hall–Kier alpha value is -3.03. The van der Waals surface area contributed by atoms with E-state index in [4.69, 9.17) is 0 Å². The molecule has 6 rings (SSSR count). The molecule has 1 aromatic carbocycles. The third kappa shape index (κ3) is 2.47. The van der Waals surface area contributed by atoms with E-state index in [9.17, 15) is 24.5 Å². The van der Waals surface area contributed by atoms with Crippen molar-refractivity contribution in [2.45, 2.75) is 12.8 Å². The molecule has 3 fully saturated rings. The maximum absolute atomic E-state index is 12.9. The van der Waals surface area contributed by atoms with Gasteiger partial charge in [0.1, 0.15) is 0 Å². The summed E-state index contributed by atoms with van der Waals surface area (Å²) in [6.07, 6.45) is 5.36. The number of anilines is 1. The van der Waals surface area contributed by atoms with Gasteiger partial charge in [0, 0.05) is 30.8 Å². The summed E-state index contributed by atoms with van der Waals surface area (Å²) in [6, 6.07) is 5.52. The van der Waals surface area contributed by atoms with Gasteiger partial charge in [-0.3, -0.25) is 29.4 Å². The molecule has 0 unspecified atom stereocenters. The van der Waals surface area contributed by atoms with Gasteiger partial charge in [0.2, 0.25) is 17.7 Å². The fourth-order valence-corrected chi connectivity index (χ4v) is 5.34. The van der Waals surface area contributed by atoms with Crippen LogP contribution in [0.15, 0.2) is 36.4 Å². The van der Waals surface area contributed by atoms with Crippen LogP contribution in [-0.2, 0) is 14.4 Å². The smallest absolute Gasteiger partial charge is 0.269 e. The molecule has 6 atom stereocenters. The maximum atomic E-state index is 12.9. The van der Waals surface area contributed by atoms with Crippen molar-refractivity contribution in [3.05, 3.63) is 46.5 Å². The third-order valence-corrected chi connectivity index (χ3v) is 6.68. The van der Waals surface area contributed by atoms with Gasteiger partial charge in [-0.15, -0.1) is 0 Å². The summed E-state index contributed by atoms with van der Waals surface area (Å²) < 4.78 is 0. The van der Waals surface area contributed by atoms with Gasteiger partial charge in [-0.1, -0.05) is 12.2 Å². The van der Waals surface area contributed by atoms with Crippen LogP contribution < -0.4 is 5.32 Å². The average molecular weight is 381 g/mol. The Kier molecular flexibility index (Phi) is 3.65. The summed E-state index contributed by atoms with van der Waals surface area (Å²) in [6.45, 7) is 0.0677. The van der Waals surface area contributed by atoms with Gasteiger partial charge in [0.25, 0.3) is 5.69 Å². The number of likely N-dealkylation sites (tertiary alicyclic amines) is 1. The number of amides is 3. The van der Waals surface area contributed by atoms with Crippen LogP contribution in [0.25, 0.3) is 0 Å². The Balaban J connectivity index is 1.21. The van der Waals surface area contributed by atoms with Crippen molar-refractivity contribution in [3.63, 3.8) is 0 Å². The molecule has 3 amide bonds. The maximum Gasteiger partial charge on any atom is 0.269 e. The number of nitro benzene ring substituents is 1.